The Balaban J connectivity index is 1.44. The van der Waals surface area contributed by atoms with Crippen molar-refractivity contribution in [2.24, 2.45) is 0 Å². The third-order valence-electron chi connectivity index (χ3n) is 5.60. The number of hydrogen-bond donors (Lipinski definition) is 1. The van der Waals surface area contributed by atoms with Crippen LogP contribution < -0.4 is 10.2 Å². The number of likely N-dealkylation sites (tertiary alicyclic amines) is 1. The zero-order valence-corrected chi connectivity index (χ0v) is 15.7. The maximum atomic E-state index is 13.1. The van der Waals surface area contributed by atoms with Gasteiger partial charge in [0.1, 0.15) is 5.82 Å². The Labute approximate surface area is 160 Å². The second kappa shape index (κ2) is 7.59. The van der Waals surface area contributed by atoms with Gasteiger partial charge in [0.2, 0.25) is 0 Å². The zero-order valence-electron chi connectivity index (χ0n) is 15.7. The summed E-state index contributed by atoms with van der Waals surface area (Å²) in [6.45, 7) is 2.54. The highest BCUT2D eigenvalue weighted by atomic mass is 19.1. The lowest BCUT2D eigenvalue weighted by atomic mass is 9.98. The van der Waals surface area contributed by atoms with Gasteiger partial charge in [0.25, 0.3) is 5.91 Å². The number of piperidine rings is 1. The van der Waals surface area contributed by atoms with Gasteiger partial charge < -0.3 is 15.1 Å². The van der Waals surface area contributed by atoms with Gasteiger partial charge in [-0.1, -0.05) is 0 Å². The molecule has 1 atom stereocenters. The van der Waals surface area contributed by atoms with Crippen LogP contribution in [0.25, 0.3) is 0 Å². The van der Waals surface area contributed by atoms with Crippen molar-refractivity contribution in [3.8, 4) is 0 Å². The number of hydrogen-bond acceptors (Lipinski definition) is 3. The number of anilines is 2. The van der Waals surface area contributed by atoms with E-state index in [1.54, 1.807) is 12.1 Å². The molecule has 2 aromatic rings. The maximum absolute atomic E-state index is 13.1. The number of nitrogens with zero attached hydrogens (tertiary/aromatic N) is 2. The van der Waals surface area contributed by atoms with Gasteiger partial charge in [-0.05, 0) is 73.7 Å². The third kappa shape index (κ3) is 3.92. The van der Waals surface area contributed by atoms with Gasteiger partial charge in [-0.3, -0.25) is 4.79 Å². The quantitative estimate of drug-likeness (QED) is 0.893. The van der Waals surface area contributed by atoms with Crippen molar-refractivity contribution in [1.29, 1.82) is 0 Å². The summed E-state index contributed by atoms with van der Waals surface area (Å²) < 4.78 is 13.1. The molecule has 2 aromatic carbocycles. The van der Waals surface area contributed by atoms with Crippen LogP contribution in [-0.4, -0.2) is 43.5 Å². The summed E-state index contributed by atoms with van der Waals surface area (Å²) in [6, 6.07) is 12.7. The lowest BCUT2D eigenvalue weighted by Crippen LogP contribution is -2.45. The first-order valence-electron chi connectivity index (χ1n) is 9.75. The first kappa shape index (κ1) is 17.8. The Hall–Kier alpha value is -2.56. The van der Waals surface area contributed by atoms with Crippen molar-refractivity contribution in [1.82, 2.24) is 4.90 Å². The molecule has 2 aliphatic heterocycles. The fourth-order valence-electron chi connectivity index (χ4n) is 4.16. The number of halogens is 1. The molecule has 2 aliphatic rings. The molecule has 0 radical (unpaired) electrons. The molecule has 1 saturated heterocycles. The van der Waals surface area contributed by atoms with Crippen molar-refractivity contribution in [3.05, 3.63) is 59.4 Å². The van der Waals surface area contributed by atoms with E-state index in [0.29, 0.717) is 6.54 Å². The Morgan fingerprint density at radius 2 is 1.93 bits per heavy atom. The van der Waals surface area contributed by atoms with E-state index < -0.39 is 0 Å². The number of aryl methyl sites for hydroxylation is 1. The summed E-state index contributed by atoms with van der Waals surface area (Å²) in [4.78, 5) is 17.2. The molecular weight excluding hydrogens is 341 g/mol. The summed E-state index contributed by atoms with van der Waals surface area (Å²) in [5, 5.41) is 3.43. The molecule has 1 unspecified atom stereocenters. The first-order chi connectivity index (χ1) is 13.1. The highest BCUT2D eigenvalue weighted by molar-refractivity contribution is 5.95. The molecule has 5 heteroatoms. The molecule has 0 spiro atoms. The standard InChI is InChI=1S/C22H26FN3O/c1-25-12-2-4-16-14-17(6-11-21(16)25)22(27)26-13-3-5-20(15-26)24-19-9-7-18(23)8-10-19/h6-11,14,20,24H,2-5,12-13,15H2,1H3. The fraction of sp³-hybridized carbons (Fsp3) is 0.409. The SMILES string of the molecule is CN1CCCc2cc(C(=O)N3CCCC(Nc4ccc(F)cc4)C3)ccc21. The van der Waals surface area contributed by atoms with Gasteiger partial charge in [-0.25, -0.2) is 4.39 Å². The van der Waals surface area contributed by atoms with Crippen molar-refractivity contribution >= 4 is 17.3 Å². The van der Waals surface area contributed by atoms with Gasteiger partial charge in [0.15, 0.2) is 0 Å². The predicted octanol–water partition coefficient (Wildman–Crippen LogP) is 3.92. The maximum Gasteiger partial charge on any atom is 0.253 e. The number of rotatable bonds is 3. The normalized spacial score (nSPS) is 19.6. The van der Waals surface area contributed by atoms with Crippen LogP contribution >= 0.6 is 0 Å². The molecular formula is C22H26FN3O. The van der Waals surface area contributed by atoms with Gasteiger partial charge in [-0.15, -0.1) is 0 Å². The van der Waals surface area contributed by atoms with Gasteiger partial charge in [0.05, 0.1) is 0 Å². The van der Waals surface area contributed by atoms with Crippen LogP contribution in [0.4, 0.5) is 15.8 Å². The first-order valence-corrected chi connectivity index (χ1v) is 9.75. The lowest BCUT2D eigenvalue weighted by Gasteiger charge is -2.34. The molecule has 142 valence electrons. The van der Waals surface area contributed by atoms with Crippen molar-refractivity contribution in [3.63, 3.8) is 0 Å². The Bertz CT molecular complexity index is 821. The van der Waals surface area contributed by atoms with E-state index >= 15 is 0 Å². The topological polar surface area (TPSA) is 35.6 Å². The van der Waals surface area contributed by atoms with Crippen LogP contribution in [0.3, 0.4) is 0 Å². The number of fused-ring (bicyclic) bond motifs is 1. The molecule has 0 aromatic heterocycles. The van der Waals surface area contributed by atoms with Crippen LogP contribution in [0.1, 0.15) is 35.2 Å². The summed E-state index contributed by atoms with van der Waals surface area (Å²) in [5.41, 5.74) is 4.19. The molecule has 0 saturated carbocycles. The highest BCUT2D eigenvalue weighted by Gasteiger charge is 2.25. The second-order valence-electron chi connectivity index (χ2n) is 7.61. The molecule has 2 heterocycles. The van der Waals surface area contributed by atoms with Crippen LogP contribution in [-0.2, 0) is 6.42 Å². The molecule has 0 aliphatic carbocycles. The number of nitrogens with one attached hydrogen (secondary N) is 1. The van der Waals surface area contributed by atoms with Crippen LogP contribution in [0.5, 0.6) is 0 Å². The van der Waals surface area contributed by atoms with E-state index in [-0.39, 0.29) is 17.8 Å². The average Bonchev–Trinajstić information content (AvgIpc) is 2.69. The minimum absolute atomic E-state index is 0.108. The molecule has 1 fully saturated rings. The zero-order chi connectivity index (χ0) is 18.8. The largest absolute Gasteiger partial charge is 0.381 e. The summed E-state index contributed by atoms with van der Waals surface area (Å²) in [7, 11) is 2.11. The third-order valence-corrected chi connectivity index (χ3v) is 5.60. The van der Waals surface area contributed by atoms with E-state index in [0.717, 1.165) is 50.0 Å². The number of amides is 1. The summed E-state index contributed by atoms with van der Waals surface area (Å²) >= 11 is 0. The van der Waals surface area contributed by atoms with E-state index in [1.165, 1.54) is 23.4 Å². The highest BCUT2D eigenvalue weighted by Crippen LogP contribution is 2.28. The Morgan fingerprint density at radius 3 is 2.74 bits per heavy atom. The number of carbonyl (C=O) groups is 1. The molecule has 4 rings (SSSR count). The molecule has 4 nitrogen and oxygen atoms in total. The van der Waals surface area contributed by atoms with Gasteiger partial charge in [-0.2, -0.15) is 0 Å². The lowest BCUT2D eigenvalue weighted by molar-refractivity contribution is 0.0714. The molecule has 27 heavy (non-hydrogen) atoms. The van der Waals surface area contributed by atoms with Crippen molar-refractivity contribution < 1.29 is 9.18 Å². The fourth-order valence-corrected chi connectivity index (χ4v) is 4.16. The van der Waals surface area contributed by atoms with E-state index in [1.807, 2.05) is 11.0 Å². The van der Waals surface area contributed by atoms with Crippen LogP contribution in [0.2, 0.25) is 0 Å². The summed E-state index contributed by atoms with van der Waals surface area (Å²) in [6.07, 6.45) is 4.15. The molecule has 1 N–H and O–H groups in total. The Kier molecular flexibility index (Phi) is 5.01. The Morgan fingerprint density at radius 1 is 1.11 bits per heavy atom. The van der Waals surface area contributed by atoms with E-state index in [2.05, 4.69) is 29.4 Å². The van der Waals surface area contributed by atoms with Crippen LogP contribution in [0, 0.1) is 5.82 Å². The number of benzene rings is 2. The smallest absolute Gasteiger partial charge is 0.253 e. The van der Waals surface area contributed by atoms with Gasteiger partial charge >= 0.3 is 0 Å². The number of carbonyl (C=O) groups excluding carboxylic acids is 1. The molecule has 1 amide bonds. The molecule has 0 bridgehead atoms. The summed E-state index contributed by atoms with van der Waals surface area (Å²) in [5.74, 6) is -0.129. The van der Waals surface area contributed by atoms with Crippen LogP contribution in [0.15, 0.2) is 42.5 Å². The minimum Gasteiger partial charge on any atom is -0.381 e. The average molecular weight is 367 g/mol. The van der Waals surface area contributed by atoms with Crippen molar-refractivity contribution in [2.75, 3.05) is 36.9 Å². The minimum atomic E-state index is -0.237. The van der Waals surface area contributed by atoms with E-state index in [9.17, 15) is 9.18 Å². The van der Waals surface area contributed by atoms with E-state index in [4.69, 9.17) is 0 Å². The van der Waals surface area contributed by atoms with Crippen molar-refractivity contribution in [2.45, 2.75) is 31.7 Å². The predicted molar refractivity (Wildman–Crippen MR) is 107 cm³/mol. The monoisotopic (exact) mass is 367 g/mol. The second-order valence-corrected chi connectivity index (χ2v) is 7.61. The van der Waals surface area contributed by atoms with Gasteiger partial charge in [0, 0.05) is 49.7 Å².